The molecule has 0 bridgehead atoms. The molecule has 5 aliphatic rings. The lowest BCUT2D eigenvalue weighted by Gasteiger charge is -2.62. The second-order valence-corrected chi connectivity index (χ2v) is 11.9. The van der Waals surface area contributed by atoms with E-state index >= 15 is 0 Å². The van der Waals surface area contributed by atoms with E-state index < -0.39 is 0 Å². The Morgan fingerprint density at radius 3 is 2.36 bits per heavy atom. The molecule has 1 heterocycles. The van der Waals surface area contributed by atoms with Crippen molar-refractivity contribution in [1.29, 1.82) is 0 Å². The van der Waals surface area contributed by atoms with Crippen molar-refractivity contribution in [2.24, 2.45) is 34.5 Å². The first-order valence-corrected chi connectivity index (χ1v) is 12.8. The summed E-state index contributed by atoms with van der Waals surface area (Å²) >= 11 is 0. The Balaban J connectivity index is 1.48. The minimum absolute atomic E-state index is 0.0505. The topological polar surface area (TPSA) is 78.9 Å². The van der Waals surface area contributed by atoms with Crippen LogP contribution in [0.5, 0.6) is 0 Å². The van der Waals surface area contributed by atoms with Gasteiger partial charge in [-0.3, -0.25) is 14.4 Å². The van der Waals surface area contributed by atoms with E-state index in [0.29, 0.717) is 24.2 Å². The van der Waals surface area contributed by atoms with Crippen molar-refractivity contribution >= 4 is 17.9 Å². The van der Waals surface area contributed by atoms with E-state index in [9.17, 15) is 14.4 Å². The average molecular weight is 459 g/mol. The zero-order valence-corrected chi connectivity index (χ0v) is 20.6. The van der Waals surface area contributed by atoms with Crippen LogP contribution >= 0.6 is 0 Å². The highest BCUT2D eigenvalue weighted by Crippen LogP contribution is 2.68. The summed E-state index contributed by atoms with van der Waals surface area (Å²) in [5.74, 6) is 1.04. The molecule has 0 spiro atoms. The number of carbonyl (C=O) groups excluding carboxylic acids is 3. The molecule has 0 aromatic heterocycles. The van der Waals surface area contributed by atoms with Gasteiger partial charge >= 0.3 is 17.9 Å². The Bertz CT molecular complexity index is 906. The Morgan fingerprint density at radius 1 is 0.939 bits per heavy atom. The Hall–Kier alpha value is -1.85. The summed E-state index contributed by atoms with van der Waals surface area (Å²) in [5.41, 5.74) is 2.68. The van der Waals surface area contributed by atoms with Crippen molar-refractivity contribution in [3.05, 3.63) is 11.1 Å². The standard InChI is InChI=1S/C27H38O6/c1-14-10-24(30)33-23-13-20-18-12-22(32-16(3)29)21-11-17(31-15(2)28)6-8-26(21,4)19(18)7-9-27(20,5)25(14)23/h17-23H,6-13H2,1-5H3/t17-,18?,19?,20?,21+,22+,23?,26+,27-/m0/s1. The van der Waals surface area contributed by atoms with E-state index in [1.165, 1.54) is 25.0 Å². The van der Waals surface area contributed by atoms with Crippen molar-refractivity contribution in [3.63, 3.8) is 0 Å². The highest BCUT2D eigenvalue weighted by atomic mass is 16.6. The van der Waals surface area contributed by atoms with Crippen LogP contribution in [0.15, 0.2) is 11.1 Å². The molecule has 33 heavy (non-hydrogen) atoms. The molecule has 5 rings (SSSR count). The Labute approximate surface area is 196 Å². The molecule has 182 valence electrons. The predicted molar refractivity (Wildman–Crippen MR) is 121 cm³/mol. The summed E-state index contributed by atoms with van der Waals surface area (Å²) in [4.78, 5) is 35.9. The summed E-state index contributed by atoms with van der Waals surface area (Å²) < 4.78 is 17.5. The van der Waals surface area contributed by atoms with Crippen molar-refractivity contribution in [2.75, 3.05) is 0 Å². The first-order valence-electron chi connectivity index (χ1n) is 12.8. The zero-order valence-electron chi connectivity index (χ0n) is 20.6. The van der Waals surface area contributed by atoms with Gasteiger partial charge in [0, 0.05) is 19.8 Å². The fourth-order valence-electron chi connectivity index (χ4n) is 9.10. The number of fused-ring (bicyclic) bond motifs is 7. The largest absolute Gasteiger partial charge is 0.463 e. The quantitative estimate of drug-likeness (QED) is 0.338. The van der Waals surface area contributed by atoms with Gasteiger partial charge in [0.1, 0.15) is 18.3 Å². The van der Waals surface area contributed by atoms with E-state index in [-0.39, 0.29) is 53.0 Å². The molecule has 0 aromatic rings. The third kappa shape index (κ3) is 3.54. The van der Waals surface area contributed by atoms with Gasteiger partial charge in [-0.05, 0) is 86.0 Å². The lowest BCUT2D eigenvalue weighted by molar-refractivity contribution is -0.194. The average Bonchev–Trinajstić information content (AvgIpc) is 3.00. The molecule has 4 fully saturated rings. The summed E-state index contributed by atoms with van der Waals surface area (Å²) in [6, 6.07) is 0. The third-order valence-corrected chi connectivity index (χ3v) is 10.2. The maximum absolute atomic E-state index is 12.2. The molecule has 6 nitrogen and oxygen atoms in total. The fraction of sp³-hybridized carbons (Fsp3) is 0.815. The minimum atomic E-state index is -0.235. The number of rotatable bonds is 2. The highest BCUT2D eigenvalue weighted by molar-refractivity contribution is 5.75. The van der Waals surface area contributed by atoms with Gasteiger partial charge in [0.15, 0.2) is 0 Å². The fourth-order valence-corrected chi connectivity index (χ4v) is 9.10. The molecule has 0 radical (unpaired) electrons. The van der Waals surface area contributed by atoms with Gasteiger partial charge < -0.3 is 14.2 Å². The first-order chi connectivity index (χ1) is 15.5. The van der Waals surface area contributed by atoms with Crippen LogP contribution in [0.1, 0.15) is 86.0 Å². The van der Waals surface area contributed by atoms with Crippen LogP contribution in [0.25, 0.3) is 0 Å². The molecule has 6 heteroatoms. The van der Waals surface area contributed by atoms with E-state index in [1.807, 2.05) is 0 Å². The number of hydrogen-bond acceptors (Lipinski definition) is 6. The van der Waals surface area contributed by atoms with Gasteiger partial charge in [0.25, 0.3) is 0 Å². The lowest BCUT2D eigenvalue weighted by Crippen LogP contribution is -2.58. The van der Waals surface area contributed by atoms with Crippen LogP contribution in [-0.2, 0) is 28.6 Å². The molecule has 0 N–H and O–H groups in total. The second-order valence-electron chi connectivity index (χ2n) is 11.9. The van der Waals surface area contributed by atoms with Gasteiger partial charge in [-0.15, -0.1) is 0 Å². The molecule has 9 atom stereocenters. The summed E-state index contributed by atoms with van der Waals surface area (Å²) in [5, 5.41) is 0. The predicted octanol–water partition coefficient (Wildman–Crippen LogP) is 4.74. The van der Waals surface area contributed by atoms with Crippen LogP contribution < -0.4 is 0 Å². The van der Waals surface area contributed by atoms with E-state index in [0.717, 1.165) is 44.9 Å². The van der Waals surface area contributed by atoms with Gasteiger partial charge in [-0.2, -0.15) is 0 Å². The molecular weight excluding hydrogens is 420 g/mol. The van der Waals surface area contributed by atoms with Crippen LogP contribution in [-0.4, -0.2) is 36.2 Å². The summed E-state index contributed by atoms with van der Waals surface area (Å²) in [7, 11) is 0. The van der Waals surface area contributed by atoms with Gasteiger partial charge in [0.2, 0.25) is 0 Å². The van der Waals surface area contributed by atoms with E-state index in [2.05, 4.69) is 20.8 Å². The SMILES string of the molecule is CC(=O)O[C@H]1CC[C@]2(C)C3CC[C@]4(C)C5=C(C)CC(=O)OC5CC4C3C[C@@H](OC(C)=O)[C@H]2C1. The molecule has 0 saturated heterocycles. The van der Waals surface area contributed by atoms with Crippen LogP contribution in [0.3, 0.4) is 0 Å². The molecular formula is C27H38O6. The van der Waals surface area contributed by atoms with Gasteiger partial charge in [-0.25, -0.2) is 0 Å². The summed E-state index contributed by atoms with van der Waals surface area (Å²) in [6.45, 7) is 9.86. The Morgan fingerprint density at radius 2 is 1.67 bits per heavy atom. The van der Waals surface area contributed by atoms with Crippen LogP contribution in [0.2, 0.25) is 0 Å². The van der Waals surface area contributed by atoms with Crippen LogP contribution in [0, 0.1) is 34.5 Å². The monoisotopic (exact) mass is 458 g/mol. The first kappa shape index (κ1) is 22.9. The zero-order chi connectivity index (χ0) is 23.7. The smallest absolute Gasteiger partial charge is 0.310 e. The lowest BCUT2D eigenvalue weighted by atomic mass is 9.44. The molecule has 4 unspecified atom stereocenters. The molecule has 1 aliphatic heterocycles. The number of ether oxygens (including phenoxy) is 3. The Kier molecular flexibility index (Phi) is 5.45. The number of esters is 3. The molecule has 4 aliphatic carbocycles. The normalized spacial score (nSPS) is 46.3. The summed E-state index contributed by atoms with van der Waals surface area (Å²) in [6.07, 6.45) is 6.70. The van der Waals surface area contributed by atoms with Crippen molar-refractivity contribution in [1.82, 2.24) is 0 Å². The molecule has 0 amide bonds. The molecule has 0 aromatic carbocycles. The van der Waals surface area contributed by atoms with E-state index in [4.69, 9.17) is 14.2 Å². The van der Waals surface area contributed by atoms with Crippen LogP contribution in [0.4, 0.5) is 0 Å². The van der Waals surface area contributed by atoms with E-state index in [1.54, 1.807) is 0 Å². The third-order valence-electron chi connectivity index (χ3n) is 10.2. The van der Waals surface area contributed by atoms with Gasteiger partial charge in [0.05, 0.1) is 6.42 Å². The maximum Gasteiger partial charge on any atom is 0.310 e. The highest BCUT2D eigenvalue weighted by Gasteiger charge is 2.64. The van der Waals surface area contributed by atoms with Crippen molar-refractivity contribution in [2.45, 2.75) is 104 Å². The van der Waals surface area contributed by atoms with Crippen molar-refractivity contribution in [3.8, 4) is 0 Å². The van der Waals surface area contributed by atoms with Gasteiger partial charge in [-0.1, -0.05) is 19.4 Å². The molecule has 4 saturated carbocycles. The minimum Gasteiger partial charge on any atom is -0.463 e. The number of hydrogen-bond donors (Lipinski definition) is 0. The second kappa shape index (κ2) is 7.84. The maximum atomic E-state index is 12.2. The number of carbonyl (C=O) groups is 3. The van der Waals surface area contributed by atoms with Crippen molar-refractivity contribution < 1.29 is 28.6 Å².